The van der Waals surface area contributed by atoms with Crippen molar-refractivity contribution in [1.29, 1.82) is 0 Å². The molecular weight excluding hydrogens is 254 g/mol. The summed E-state index contributed by atoms with van der Waals surface area (Å²) in [6.45, 7) is 5.69. The van der Waals surface area contributed by atoms with Crippen LogP contribution in [-0.4, -0.2) is 16.4 Å². The van der Waals surface area contributed by atoms with Gasteiger partial charge < -0.3 is 4.74 Å². The zero-order valence-corrected chi connectivity index (χ0v) is 11.6. The van der Waals surface area contributed by atoms with E-state index in [1.54, 1.807) is 12.1 Å². The van der Waals surface area contributed by atoms with E-state index in [0.29, 0.717) is 12.2 Å². The topological polar surface area (TPSA) is 52.4 Å². The first-order valence-electron chi connectivity index (χ1n) is 6.02. The number of benzene rings is 1. The Morgan fingerprint density at radius 2 is 2.11 bits per heavy atom. The van der Waals surface area contributed by atoms with E-state index >= 15 is 0 Å². The maximum Gasteiger partial charge on any atom is 0.310 e. The summed E-state index contributed by atoms with van der Waals surface area (Å²) in [6, 6.07) is 4.92. The van der Waals surface area contributed by atoms with Crippen LogP contribution in [0.2, 0.25) is 0 Å². The lowest BCUT2D eigenvalue weighted by Crippen LogP contribution is -2.08. The average molecular weight is 272 g/mol. The van der Waals surface area contributed by atoms with E-state index in [9.17, 15) is 10.1 Å². The molecule has 0 aromatic heterocycles. The molecule has 0 radical (unpaired) electrons. The van der Waals surface area contributed by atoms with E-state index < -0.39 is 4.92 Å². The molecule has 1 unspecified atom stereocenters. The number of hydrogen-bond donors (Lipinski definition) is 0. The highest BCUT2D eigenvalue weighted by atomic mass is 35.5. The molecule has 0 amide bonds. The summed E-state index contributed by atoms with van der Waals surface area (Å²) in [4.78, 5) is 10.5. The highest BCUT2D eigenvalue weighted by Crippen LogP contribution is 2.29. The van der Waals surface area contributed by atoms with Gasteiger partial charge in [0.05, 0.1) is 11.0 Å². The molecule has 0 bridgehead atoms. The zero-order chi connectivity index (χ0) is 13.7. The lowest BCUT2D eigenvalue weighted by atomic mass is 10.1. The molecule has 1 rings (SSSR count). The van der Waals surface area contributed by atoms with Crippen LogP contribution < -0.4 is 4.74 Å². The summed E-state index contributed by atoms with van der Waals surface area (Å²) in [5, 5.41) is 10.9. The third-order valence-corrected chi connectivity index (χ3v) is 2.95. The first-order valence-corrected chi connectivity index (χ1v) is 6.45. The number of alkyl halides is 1. The number of ether oxygens (including phenoxy) is 1. The van der Waals surface area contributed by atoms with Gasteiger partial charge in [-0.25, -0.2) is 0 Å². The molecule has 0 N–H and O–H groups in total. The molecule has 0 saturated heterocycles. The van der Waals surface area contributed by atoms with Crippen LogP contribution in [0.5, 0.6) is 5.75 Å². The summed E-state index contributed by atoms with van der Waals surface area (Å²) in [5.74, 6) is 0.312. The molecular formula is C13H18ClNO3. The lowest BCUT2D eigenvalue weighted by Gasteiger charge is -2.12. The predicted molar refractivity (Wildman–Crippen MR) is 72.5 cm³/mol. The lowest BCUT2D eigenvalue weighted by molar-refractivity contribution is -0.386. The second kappa shape index (κ2) is 6.59. The summed E-state index contributed by atoms with van der Waals surface area (Å²) >= 11 is 6.09. The van der Waals surface area contributed by atoms with Gasteiger partial charge in [0.15, 0.2) is 5.75 Å². The maximum atomic E-state index is 10.9. The third-order valence-electron chi connectivity index (χ3n) is 2.48. The quantitative estimate of drug-likeness (QED) is 0.447. The molecule has 0 aliphatic heterocycles. The second-order valence-corrected chi connectivity index (χ2v) is 5.05. The van der Waals surface area contributed by atoms with Gasteiger partial charge in [0.25, 0.3) is 0 Å². The molecule has 4 nitrogen and oxygen atoms in total. The molecule has 0 heterocycles. The summed E-state index contributed by atoms with van der Waals surface area (Å²) in [5.41, 5.74) is 0.952. The minimum Gasteiger partial charge on any atom is -0.484 e. The van der Waals surface area contributed by atoms with Crippen LogP contribution in [0, 0.1) is 10.1 Å². The highest BCUT2D eigenvalue weighted by Gasteiger charge is 2.17. The van der Waals surface area contributed by atoms with E-state index in [-0.39, 0.29) is 17.2 Å². The van der Waals surface area contributed by atoms with Crippen LogP contribution in [0.3, 0.4) is 0 Å². The van der Waals surface area contributed by atoms with Crippen molar-refractivity contribution in [3.8, 4) is 5.75 Å². The van der Waals surface area contributed by atoms with Gasteiger partial charge in [0.1, 0.15) is 0 Å². The summed E-state index contributed by atoms with van der Waals surface area (Å²) in [7, 11) is 0. The first kappa shape index (κ1) is 14.8. The smallest absolute Gasteiger partial charge is 0.310 e. The van der Waals surface area contributed by atoms with Crippen molar-refractivity contribution < 1.29 is 9.66 Å². The van der Waals surface area contributed by atoms with Gasteiger partial charge in [0.2, 0.25) is 0 Å². The molecule has 1 aromatic rings. The molecule has 0 aliphatic carbocycles. The molecule has 18 heavy (non-hydrogen) atoms. The zero-order valence-electron chi connectivity index (χ0n) is 10.9. The highest BCUT2D eigenvalue weighted by molar-refractivity contribution is 6.20. The Hall–Kier alpha value is -1.29. The normalized spacial score (nSPS) is 12.5. The van der Waals surface area contributed by atoms with Crippen molar-refractivity contribution in [2.24, 2.45) is 0 Å². The van der Waals surface area contributed by atoms with Crippen LogP contribution in [0.1, 0.15) is 32.8 Å². The third kappa shape index (κ3) is 4.18. The number of nitro benzene ring substituents is 1. The fourth-order valence-corrected chi connectivity index (χ4v) is 1.76. The molecule has 0 fully saturated rings. The number of nitro groups is 1. The molecule has 1 atom stereocenters. The van der Waals surface area contributed by atoms with Crippen LogP contribution in [0.25, 0.3) is 0 Å². The molecule has 100 valence electrons. The minimum absolute atomic E-state index is 0.00456. The van der Waals surface area contributed by atoms with Crippen molar-refractivity contribution >= 4 is 17.3 Å². The summed E-state index contributed by atoms with van der Waals surface area (Å²) in [6.07, 6.45) is 1.44. The second-order valence-electron chi connectivity index (χ2n) is 4.44. The Balaban J connectivity index is 3.01. The van der Waals surface area contributed by atoms with E-state index in [0.717, 1.165) is 12.0 Å². The van der Waals surface area contributed by atoms with Crippen molar-refractivity contribution in [2.75, 3.05) is 0 Å². The minimum atomic E-state index is -0.431. The van der Waals surface area contributed by atoms with E-state index in [2.05, 4.69) is 0 Å². The van der Waals surface area contributed by atoms with E-state index in [1.807, 2.05) is 20.8 Å². The monoisotopic (exact) mass is 271 g/mol. The standard InChI is InChI=1S/C13H18ClNO3/c1-4-11(14)7-10-5-6-12(15(16)17)13(8-10)18-9(2)3/h5-6,8-9,11H,4,7H2,1-3H3. The number of halogens is 1. The van der Waals surface area contributed by atoms with Gasteiger partial charge in [-0.05, 0) is 38.3 Å². The van der Waals surface area contributed by atoms with Gasteiger partial charge in [-0.2, -0.15) is 0 Å². The Morgan fingerprint density at radius 1 is 1.44 bits per heavy atom. The van der Waals surface area contributed by atoms with Crippen LogP contribution in [0.15, 0.2) is 18.2 Å². The van der Waals surface area contributed by atoms with Crippen LogP contribution in [0.4, 0.5) is 5.69 Å². The van der Waals surface area contributed by atoms with Gasteiger partial charge in [-0.3, -0.25) is 10.1 Å². The van der Waals surface area contributed by atoms with Crippen LogP contribution in [-0.2, 0) is 6.42 Å². The van der Waals surface area contributed by atoms with Crippen molar-refractivity contribution in [2.45, 2.75) is 45.1 Å². The fourth-order valence-electron chi connectivity index (χ4n) is 1.58. The van der Waals surface area contributed by atoms with Crippen LogP contribution >= 0.6 is 11.6 Å². The Labute approximate surface area is 112 Å². The predicted octanol–water partition coefficient (Wildman–Crippen LogP) is 3.94. The number of hydrogen-bond acceptors (Lipinski definition) is 3. The first-order chi connectivity index (χ1) is 8.43. The van der Waals surface area contributed by atoms with Crippen molar-refractivity contribution in [1.82, 2.24) is 0 Å². The van der Waals surface area contributed by atoms with Gasteiger partial charge in [0, 0.05) is 11.4 Å². The Bertz CT molecular complexity index is 421. The Morgan fingerprint density at radius 3 is 2.61 bits per heavy atom. The van der Waals surface area contributed by atoms with Crippen molar-refractivity contribution in [3.63, 3.8) is 0 Å². The van der Waals surface area contributed by atoms with Gasteiger partial charge >= 0.3 is 5.69 Å². The number of nitrogens with zero attached hydrogens (tertiary/aromatic N) is 1. The number of rotatable bonds is 6. The van der Waals surface area contributed by atoms with E-state index in [1.165, 1.54) is 6.07 Å². The molecule has 0 saturated carbocycles. The molecule has 0 aliphatic rings. The van der Waals surface area contributed by atoms with E-state index in [4.69, 9.17) is 16.3 Å². The maximum absolute atomic E-state index is 10.9. The fraction of sp³-hybridized carbons (Fsp3) is 0.538. The largest absolute Gasteiger partial charge is 0.484 e. The SMILES string of the molecule is CCC(Cl)Cc1ccc([N+](=O)[O-])c(OC(C)C)c1. The Kier molecular flexibility index (Phi) is 5.41. The molecule has 1 aromatic carbocycles. The average Bonchev–Trinajstić information content (AvgIpc) is 2.27. The molecule has 0 spiro atoms. The van der Waals surface area contributed by atoms with Gasteiger partial charge in [-0.1, -0.05) is 13.0 Å². The van der Waals surface area contributed by atoms with Crippen molar-refractivity contribution in [3.05, 3.63) is 33.9 Å². The molecule has 5 heteroatoms. The summed E-state index contributed by atoms with van der Waals surface area (Å²) < 4.78 is 5.48. The van der Waals surface area contributed by atoms with Gasteiger partial charge in [-0.15, -0.1) is 11.6 Å².